The van der Waals surface area contributed by atoms with Gasteiger partial charge in [-0.25, -0.2) is 8.78 Å². The van der Waals surface area contributed by atoms with Gasteiger partial charge in [-0.2, -0.15) is 0 Å². The molecule has 0 aromatic heterocycles. The first-order valence-corrected chi connectivity index (χ1v) is 8.03. The summed E-state index contributed by atoms with van der Waals surface area (Å²) in [5, 5.41) is 2.56. The minimum atomic E-state index is -0.833. The monoisotopic (exact) mass is 342 g/mol. The largest absolute Gasteiger partial charge is 0.491 e. The maximum Gasteiger partial charge on any atom is 0.242 e. The second kappa shape index (κ2) is 7.34. The molecule has 1 fully saturated rings. The Morgan fingerprint density at radius 2 is 2.17 bits per heavy atom. The highest BCUT2D eigenvalue weighted by Crippen LogP contribution is 2.27. The normalized spacial score (nSPS) is 19.9. The Bertz CT molecular complexity index is 608. The Kier molecular flexibility index (Phi) is 5.64. The lowest BCUT2D eigenvalue weighted by Gasteiger charge is -2.41. The highest BCUT2D eigenvalue weighted by Gasteiger charge is 2.33. The maximum absolute atomic E-state index is 14.2. The molecule has 1 amide bonds. The van der Waals surface area contributed by atoms with E-state index in [9.17, 15) is 13.6 Å². The molecule has 134 valence electrons. The zero-order valence-electron chi connectivity index (χ0n) is 14.5. The maximum atomic E-state index is 14.2. The predicted molar refractivity (Wildman–Crippen MR) is 87.2 cm³/mol. The molecule has 1 N–H and O–H groups in total. The van der Waals surface area contributed by atoms with Crippen LogP contribution in [0.1, 0.15) is 27.7 Å². The third-order valence-corrected chi connectivity index (χ3v) is 3.69. The van der Waals surface area contributed by atoms with Gasteiger partial charge < -0.3 is 19.7 Å². The number of halogens is 2. The van der Waals surface area contributed by atoms with Gasteiger partial charge in [-0.1, -0.05) is 0 Å². The van der Waals surface area contributed by atoms with E-state index >= 15 is 0 Å². The number of hydrogen-bond donors (Lipinski definition) is 1. The van der Waals surface area contributed by atoms with Crippen LogP contribution in [0.4, 0.5) is 14.5 Å². The molecule has 1 aliphatic heterocycles. The number of benzene rings is 1. The fourth-order valence-electron chi connectivity index (χ4n) is 2.88. The van der Waals surface area contributed by atoms with Crippen LogP contribution in [0.3, 0.4) is 0 Å². The van der Waals surface area contributed by atoms with Gasteiger partial charge in [-0.15, -0.1) is 0 Å². The van der Waals surface area contributed by atoms with Crippen LogP contribution in [0.25, 0.3) is 0 Å². The number of hydrogen-bond acceptors (Lipinski definition) is 4. The van der Waals surface area contributed by atoms with Gasteiger partial charge in [0.2, 0.25) is 5.91 Å². The Hall–Kier alpha value is -1.89. The van der Waals surface area contributed by atoms with E-state index in [4.69, 9.17) is 9.47 Å². The highest BCUT2D eigenvalue weighted by atomic mass is 19.1. The molecule has 5 nitrogen and oxygen atoms in total. The van der Waals surface area contributed by atoms with Gasteiger partial charge >= 0.3 is 0 Å². The van der Waals surface area contributed by atoms with Gasteiger partial charge in [0, 0.05) is 13.1 Å². The Balaban J connectivity index is 2.05. The number of ether oxygens (including phenoxy) is 2. The average Bonchev–Trinajstić information content (AvgIpc) is 2.48. The Labute approximate surface area is 140 Å². The number of carbonyl (C=O) groups is 1. The third-order valence-electron chi connectivity index (χ3n) is 3.69. The lowest BCUT2D eigenvalue weighted by molar-refractivity contribution is -0.156. The van der Waals surface area contributed by atoms with Crippen LogP contribution in [0.15, 0.2) is 12.1 Å². The summed E-state index contributed by atoms with van der Waals surface area (Å²) in [5.41, 5.74) is -0.798. The molecule has 24 heavy (non-hydrogen) atoms. The Morgan fingerprint density at radius 1 is 1.46 bits per heavy atom. The first-order valence-electron chi connectivity index (χ1n) is 8.03. The number of carbonyl (C=O) groups excluding carboxylic acids is 1. The molecule has 0 saturated carbocycles. The lowest BCUT2D eigenvalue weighted by Crippen LogP contribution is -2.54. The van der Waals surface area contributed by atoms with Gasteiger partial charge in [0.1, 0.15) is 11.5 Å². The van der Waals surface area contributed by atoms with Gasteiger partial charge in [0.25, 0.3) is 0 Å². The van der Waals surface area contributed by atoms with Crippen molar-refractivity contribution in [3.8, 4) is 5.75 Å². The summed E-state index contributed by atoms with van der Waals surface area (Å²) in [5.74, 6) is -1.88. The minimum Gasteiger partial charge on any atom is -0.491 e. The molecule has 2 rings (SSSR count). The summed E-state index contributed by atoms with van der Waals surface area (Å²) in [6.45, 7) is 8.35. The van der Waals surface area contributed by atoms with E-state index in [1.807, 2.05) is 20.8 Å². The van der Waals surface area contributed by atoms with E-state index in [0.29, 0.717) is 13.1 Å². The number of nitrogens with zero attached hydrogens (tertiary/aromatic N) is 1. The van der Waals surface area contributed by atoms with E-state index in [1.165, 1.54) is 6.07 Å². The van der Waals surface area contributed by atoms with Crippen molar-refractivity contribution in [2.45, 2.75) is 39.4 Å². The van der Waals surface area contributed by atoms with E-state index in [-0.39, 0.29) is 36.6 Å². The Morgan fingerprint density at radius 3 is 2.79 bits per heavy atom. The first kappa shape index (κ1) is 18.4. The van der Waals surface area contributed by atoms with Crippen molar-refractivity contribution in [1.29, 1.82) is 0 Å². The van der Waals surface area contributed by atoms with E-state index in [1.54, 1.807) is 11.8 Å². The summed E-state index contributed by atoms with van der Waals surface area (Å²) in [6.07, 6.45) is -0.0903. The van der Waals surface area contributed by atoms with Crippen molar-refractivity contribution in [1.82, 2.24) is 4.90 Å². The number of nitrogens with one attached hydrogen (secondary N) is 1. The number of amides is 1. The van der Waals surface area contributed by atoms with Crippen LogP contribution in [0, 0.1) is 11.6 Å². The quantitative estimate of drug-likeness (QED) is 0.894. The standard InChI is InChI=1S/C17H24F2N2O3/c1-5-23-13-7-6-12(18)16(15(13)19)20-8-14(22)21-9-11(2)24-17(3,4)10-21/h6-7,11,20H,5,8-10H2,1-4H3. The molecule has 1 aromatic rings. The fourth-order valence-corrected chi connectivity index (χ4v) is 2.88. The van der Waals surface area contributed by atoms with Crippen LogP contribution in [-0.4, -0.2) is 48.8 Å². The fraction of sp³-hybridized carbons (Fsp3) is 0.588. The van der Waals surface area contributed by atoms with Crippen molar-refractivity contribution >= 4 is 11.6 Å². The van der Waals surface area contributed by atoms with Crippen LogP contribution < -0.4 is 10.1 Å². The lowest BCUT2D eigenvalue weighted by atomic mass is 10.1. The molecule has 1 aliphatic rings. The molecule has 0 bridgehead atoms. The van der Waals surface area contributed by atoms with Crippen LogP contribution in [-0.2, 0) is 9.53 Å². The van der Waals surface area contributed by atoms with Gasteiger partial charge in [0.05, 0.1) is 24.9 Å². The summed E-state index contributed by atoms with van der Waals surface area (Å²) in [6, 6.07) is 2.34. The number of morpholine rings is 1. The topological polar surface area (TPSA) is 50.8 Å². The van der Waals surface area contributed by atoms with Gasteiger partial charge in [-0.3, -0.25) is 4.79 Å². The summed E-state index contributed by atoms with van der Waals surface area (Å²) >= 11 is 0. The summed E-state index contributed by atoms with van der Waals surface area (Å²) in [7, 11) is 0. The molecule has 0 spiro atoms. The van der Waals surface area contributed by atoms with Crippen molar-refractivity contribution in [3.05, 3.63) is 23.8 Å². The molecular weight excluding hydrogens is 318 g/mol. The van der Waals surface area contributed by atoms with Crippen molar-refractivity contribution in [2.24, 2.45) is 0 Å². The molecule has 1 unspecified atom stereocenters. The van der Waals surface area contributed by atoms with Crippen LogP contribution >= 0.6 is 0 Å². The van der Waals surface area contributed by atoms with Gasteiger partial charge in [-0.05, 0) is 39.8 Å². The molecular formula is C17H24F2N2O3. The molecule has 0 radical (unpaired) electrons. The smallest absolute Gasteiger partial charge is 0.242 e. The molecule has 0 aliphatic carbocycles. The number of rotatable bonds is 5. The average molecular weight is 342 g/mol. The molecule has 1 heterocycles. The van der Waals surface area contributed by atoms with Crippen LogP contribution in [0.2, 0.25) is 0 Å². The molecule has 1 saturated heterocycles. The zero-order chi connectivity index (χ0) is 17.9. The highest BCUT2D eigenvalue weighted by molar-refractivity contribution is 5.81. The molecule has 7 heteroatoms. The predicted octanol–water partition coefficient (Wildman–Crippen LogP) is 2.80. The van der Waals surface area contributed by atoms with Crippen molar-refractivity contribution in [2.75, 3.05) is 31.6 Å². The first-order chi connectivity index (χ1) is 11.2. The summed E-state index contributed by atoms with van der Waals surface area (Å²) in [4.78, 5) is 14.0. The van der Waals surface area contributed by atoms with E-state index in [0.717, 1.165) is 6.07 Å². The minimum absolute atomic E-state index is 0.0463. The second-order valence-corrected chi connectivity index (χ2v) is 6.48. The van der Waals surface area contributed by atoms with E-state index < -0.39 is 17.2 Å². The van der Waals surface area contributed by atoms with Crippen LogP contribution in [0.5, 0.6) is 5.75 Å². The van der Waals surface area contributed by atoms with E-state index in [2.05, 4.69) is 5.32 Å². The van der Waals surface area contributed by atoms with Gasteiger partial charge in [0.15, 0.2) is 11.6 Å². The van der Waals surface area contributed by atoms with Crippen molar-refractivity contribution < 1.29 is 23.0 Å². The summed E-state index contributed by atoms with van der Waals surface area (Å²) < 4.78 is 38.9. The zero-order valence-corrected chi connectivity index (χ0v) is 14.5. The molecule has 1 atom stereocenters. The second-order valence-electron chi connectivity index (χ2n) is 6.48. The molecule has 1 aromatic carbocycles. The number of anilines is 1. The third kappa shape index (κ3) is 4.35. The SMILES string of the molecule is CCOc1ccc(F)c(NCC(=O)N2CC(C)OC(C)(C)C2)c1F. The van der Waals surface area contributed by atoms with Crippen molar-refractivity contribution in [3.63, 3.8) is 0 Å².